The maximum absolute atomic E-state index is 13.5. The van der Waals surface area contributed by atoms with Gasteiger partial charge in [0.25, 0.3) is 0 Å². The van der Waals surface area contributed by atoms with Crippen molar-refractivity contribution in [3.8, 4) is 0 Å². The number of hydrogen-bond donors (Lipinski definition) is 1. The van der Waals surface area contributed by atoms with E-state index in [2.05, 4.69) is 19.2 Å². The van der Waals surface area contributed by atoms with Crippen LogP contribution in [0.25, 0.3) is 0 Å². The van der Waals surface area contributed by atoms with Crippen molar-refractivity contribution < 1.29 is 12.8 Å². The molecule has 1 aliphatic heterocycles. The Balaban J connectivity index is 2.33. The molecule has 21 heavy (non-hydrogen) atoms. The van der Waals surface area contributed by atoms with Crippen molar-refractivity contribution >= 4 is 10.0 Å². The molecule has 0 bridgehead atoms. The molecule has 0 aromatic heterocycles. The molecule has 0 radical (unpaired) electrons. The van der Waals surface area contributed by atoms with E-state index in [-0.39, 0.29) is 10.3 Å². The minimum atomic E-state index is -3.63. The summed E-state index contributed by atoms with van der Waals surface area (Å²) in [5, 5.41) is 2.93. The lowest BCUT2D eigenvalue weighted by atomic mass is 9.83. The quantitative estimate of drug-likeness (QED) is 0.928. The molecule has 1 aromatic carbocycles. The minimum Gasteiger partial charge on any atom is -0.316 e. The van der Waals surface area contributed by atoms with Crippen molar-refractivity contribution in [1.82, 2.24) is 9.62 Å². The Kier molecular flexibility index (Phi) is 4.70. The average Bonchev–Trinajstić information content (AvgIpc) is 2.40. The molecule has 0 unspecified atom stereocenters. The summed E-state index contributed by atoms with van der Waals surface area (Å²) in [6.07, 6.45) is 1.64. The SMILES string of the molecule is CNCc1ccc(F)cc1S(=O)(=O)N1CCC(C)(C)CC1. The third-order valence-electron chi connectivity index (χ3n) is 4.09. The number of piperidine rings is 1. The van der Waals surface area contributed by atoms with E-state index in [0.29, 0.717) is 25.2 Å². The van der Waals surface area contributed by atoms with Crippen LogP contribution in [0, 0.1) is 11.2 Å². The van der Waals surface area contributed by atoms with E-state index in [0.717, 1.165) is 18.9 Å². The fourth-order valence-electron chi connectivity index (χ4n) is 2.58. The maximum Gasteiger partial charge on any atom is 0.243 e. The van der Waals surface area contributed by atoms with Crippen molar-refractivity contribution in [2.24, 2.45) is 5.41 Å². The maximum atomic E-state index is 13.5. The van der Waals surface area contributed by atoms with Crippen LogP contribution in [-0.2, 0) is 16.6 Å². The highest BCUT2D eigenvalue weighted by atomic mass is 32.2. The first-order valence-electron chi connectivity index (χ1n) is 7.19. The summed E-state index contributed by atoms with van der Waals surface area (Å²) in [4.78, 5) is 0.0801. The first-order chi connectivity index (χ1) is 9.76. The van der Waals surface area contributed by atoms with Crippen molar-refractivity contribution in [2.45, 2.75) is 38.1 Å². The number of benzene rings is 1. The van der Waals surface area contributed by atoms with Gasteiger partial charge in [-0.1, -0.05) is 19.9 Å². The summed E-state index contributed by atoms with van der Waals surface area (Å²) in [5.74, 6) is -0.522. The second kappa shape index (κ2) is 6.02. The molecule has 4 nitrogen and oxygen atoms in total. The van der Waals surface area contributed by atoms with E-state index < -0.39 is 15.8 Å². The van der Waals surface area contributed by atoms with E-state index in [9.17, 15) is 12.8 Å². The predicted molar refractivity (Wildman–Crippen MR) is 80.9 cm³/mol. The highest BCUT2D eigenvalue weighted by Gasteiger charge is 2.33. The van der Waals surface area contributed by atoms with Gasteiger partial charge in [-0.25, -0.2) is 12.8 Å². The molecule has 1 aromatic rings. The van der Waals surface area contributed by atoms with E-state index in [1.165, 1.54) is 16.4 Å². The van der Waals surface area contributed by atoms with Crippen LogP contribution in [-0.4, -0.2) is 32.9 Å². The standard InChI is InChI=1S/C15H23FN2O2S/c1-15(2)6-8-18(9-7-15)21(19,20)14-10-13(16)5-4-12(14)11-17-3/h4-5,10,17H,6-9,11H2,1-3H3. The van der Waals surface area contributed by atoms with Gasteiger partial charge in [-0.2, -0.15) is 4.31 Å². The van der Waals surface area contributed by atoms with Gasteiger partial charge in [0.15, 0.2) is 0 Å². The molecule has 1 N–H and O–H groups in total. The Labute approximate surface area is 126 Å². The zero-order valence-electron chi connectivity index (χ0n) is 12.8. The van der Waals surface area contributed by atoms with Crippen LogP contribution < -0.4 is 5.32 Å². The summed E-state index contributed by atoms with van der Waals surface area (Å²) in [7, 11) is -1.89. The molecule has 118 valence electrons. The molecule has 0 atom stereocenters. The average molecular weight is 314 g/mol. The summed E-state index contributed by atoms with van der Waals surface area (Å²) in [5.41, 5.74) is 0.769. The van der Waals surface area contributed by atoms with Crippen LogP contribution in [0.3, 0.4) is 0 Å². The molecule has 1 aliphatic rings. The number of rotatable bonds is 4. The fourth-order valence-corrected chi connectivity index (χ4v) is 4.25. The van der Waals surface area contributed by atoms with E-state index in [1.807, 2.05) is 0 Å². The van der Waals surface area contributed by atoms with Crippen molar-refractivity contribution in [2.75, 3.05) is 20.1 Å². The van der Waals surface area contributed by atoms with Crippen LogP contribution in [0.2, 0.25) is 0 Å². The van der Waals surface area contributed by atoms with Crippen LogP contribution in [0.15, 0.2) is 23.1 Å². The number of sulfonamides is 1. The summed E-state index contributed by atoms with van der Waals surface area (Å²) < 4.78 is 40.5. The molecule has 0 saturated carbocycles. The van der Waals surface area contributed by atoms with Gasteiger partial charge in [-0.3, -0.25) is 0 Å². The second-order valence-corrected chi connectivity index (χ2v) is 8.26. The lowest BCUT2D eigenvalue weighted by Crippen LogP contribution is -2.41. The van der Waals surface area contributed by atoms with Gasteiger partial charge in [0.05, 0.1) is 4.90 Å². The van der Waals surface area contributed by atoms with Crippen molar-refractivity contribution in [3.05, 3.63) is 29.6 Å². The Morgan fingerprint density at radius 1 is 1.29 bits per heavy atom. The van der Waals surface area contributed by atoms with Gasteiger partial charge >= 0.3 is 0 Å². The Morgan fingerprint density at radius 3 is 2.48 bits per heavy atom. The molecule has 1 heterocycles. The molecule has 1 fully saturated rings. The Hall–Kier alpha value is -0.980. The van der Waals surface area contributed by atoms with Crippen LogP contribution in [0.4, 0.5) is 4.39 Å². The molecule has 2 rings (SSSR count). The topological polar surface area (TPSA) is 49.4 Å². The number of hydrogen-bond acceptors (Lipinski definition) is 3. The largest absolute Gasteiger partial charge is 0.316 e. The highest BCUT2D eigenvalue weighted by molar-refractivity contribution is 7.89. The van der Waals surface area contributed by atoms with Crippen LogP contribution >= 0.6 is 0 Å². The van der Waals surface area contributed by atoms with Crippen molar-refractivity contribution in [1.29, 1.82) is 0 Å². The number of nitrogens with one attached hydrogen (secondary N) is 1. The first-order valence-corrected chi connectivity index (χ1v) is 8.63. The highest BCUT2D eigenvalue weighted by Crippen LogP contribution is 2.33. The lowest BCUT2D eigenvalue weighted by molar-refractivity contribution is 0.195. The normalized spacial score (nSPS) is 19.6. The van der Waals surface area contributed by atoms with E-state index >= 15 is 0 Å². The van der Waals surface area contributed by atoms with E-state index in [4.69, 9.17) is 0 Å². The zero-order valence-corrected chi connectivity index (χ0v) is 13.6. The van der Waals surface area contributed by atoms with Gasteiger partial charge in [0.1, 0.15) is 5.82 Å². The van der Waals surface area contributed by atoms with Gasteiger partial charge in [0, 0.05) is 19.6 Å². The Morgan fingerprint density at radius 2 is 1.90 bits per heavy atom. The predicted octanol–water partition coefficient (Wildman–Crippen LogP) is 2.36. The molecule has 1 saturated heterocycles. The molecule has 0 amide bonds. The zero-order chi connectivity index (χ0) is 15.7. The summed E-state index contributed by atoms with van der Waals surface area (Å²) in [6, 6.07) is 3.96. The Bertz CT molecular complexity index is 604. The molecule has 0 spiro atoms. The molecular weight excluding hydrogens is 291 g/mol. The third-order valence-corrected chi connectivity index (χ3v) is 6.07. The van der Waals surface area contributed by atoms with Gasteiger partial charge < -0.3 is 5.32 Å². The van der Waals surface area contributed by atoms with Gasteiger partial charge in [-0.05, 0) is 43.0 Å². The van der Waals surface area contributed by atoms with Gasteiger partial charge in [0.2, 0.25) is 10.0 Å². The minimum absolute atomic E-state index is 0.0801. The number of halogens is 1. The molecule has 6 heteroatoms. The summed E-state index contributed by atoms with van der Waals surface area (Å²) in [6.45, 7) is 5.67. The summed E-state index contributed by atoms with van der Waals surface area (Å²) >= 11 is 0. The molecule has 0 aliphatic carbocycles. The lowest BCUT2D eigenvalue weighted by Gasteiger charge is -2.36. The monoisotopic (exact) mass is 314 g/mol. The second-order valence-electron chi connectivity index (χ2n) is 6.35. The van der Waals surface area contributed by atoms with Crippen LogP contribution in [0.5, 0.6) is 0 Å². The first kappa shape index (κ1) is 16.4. The van der Waals surface area contributed by atoms with Crippen molar-refractivity contribution in [3.63, 3.8) is 0 Å². The number of nitrogens with zero attached hydrogens (tertiary/aromatic N) is 1. The van der Waals surface area contributed by atoms with Gasteiger partial charge in [-0.15, -0.1) is 0 Å². The third kappa shape index (κ3) is 3.62. The van der Waals surface area contributed by atoms with E-state index in [1.54, 1.807) is 7.05 Å². The smallest absolute Gasteiger partial charge is 0.243 e. The molecular formula is C15H23FN2O2S. The fraction of sp³-hybridized carbons (Fsp3) is 0.600. The van der Waals surface area contributed by atoms with Crippen LogP contribution in [0.1, 0.15) is 32.3 Å².